The van der Waals surface area contributed by atoms with Gasteiger partial charge in [0.05, 0.1) is 11.9 Å². The Balaban J connectivity index is 1.81. The number of aryl methyl sites for hydroxylation is 2. The number of carbonyl (C=O) groups is 1. The van der Waals surface area contributed by atoms with Crippen molar-refractivity contribution < 1.29 is 4.79 Å². The van der Waals surface area contributed by atoms with E-state index in [1.54, 1.807) is 22.8 Å². The van der Waals surface area contributed by atoms with Gasteiger partial charge in [-0.25, -0.2) is 4.98 Å². The first-order valence-corrected chi connectivity index (χ1v) is 12.0. The van der Waals surface area contributed by atoms with Gasteiger partial charge in [-0.2, -0.15) is 0 Å². The number of nitrogens with one attached hydrogen (secondary N) is 1. The standard InChI is InChI=1S/C24H30N4O2S/c1-4-27(5-2)15-20-26-23-21(18-13-9-10-14-19(18)31-23)24(30)28(20)16(3)22(29)25-17-11-7-6-8-12-17/h6-8,11-12,16H,4-5,9-10,13-15H2,1-3H3,(H,25,29). The van der Waals surface area contributed by atoms with E-state index in [9.17, 15) is 9.59 Å². The Morgan fingerprint density at radius 1 is 1.19 bits per heavy atom. The fourth-order valence-corrected chi connectivity index (χ4v) is 5.57. The van der Waals surface area contributed by atoms with Crippen molar-refractivity contribution in [3.05, 3.63) is 57.0 Å². The highest BCUT2D eigenvalue weighted by molar-refractivity contribution is 7.18. The van der Waals surface area contributed by atoms with Gasteiger partial charge in [-0.05, 0) is 63.4 Å². The Morgan fingerprint density at radius 3 is 2.61 bits per heavy atom. The summed E-state index contributed by atoms with van der Waals surface area (Å²) in [4.78, 5) is 36.1. The first-order chi connectivity index (χ1) is 15.0. The molecule has 164 valence electrons. The number of hydrogen-bond donors (Lipinski definition) is 1. The zero-order valence-corrected chi connectivity index (χ0v) is 19.3. The summed E-state index contributed by atoms with van der Waals surface area (Å²) in [7, 11) is 0. The first-order valence-electron chi connectivity index (χ1n) is 11.2. The molecule has 2 heterocycles. The van der Waals surface area contributed by atoms with Crippen LogP contribution in [0, 0.1) is 0 Å². The highest BCUT2D eigenvalue weighted by Gasteiger charge is 2.26. The predicted molar refractivity (Wildman–Crippen MR) is 127 cm³/mol. The van der Waals surface area contributed by atoms with E-state index in [1.165, 1.54) is 4.88 Å². The molecule has 1 unspecified atom stereocenters. The van der Waals surface area contributed by atoms with Gasteiger partial charge in [0.15, 0.2) is 0 Å². The summed E-state index contributed by atoms with van der Waals surface area (Å²) in [5.41, 5.74) is 1.80. The number of amides is 1. The number of para-hydroxylation sites is 1. The average Bonchev–Trinajstić information content (AvgIpc) is 3.16. The van der Waals surface area contributed by atoms with Gasteiger partial charge in [0.25, 0.3) is 5.56 Å². The molecule has 7 heteroatoms. The molecule has 0 aliphatic heterocycles. The van der Waals surface area contributed by atoms with Crippen LogP contribution in [0.5, 0.6) is 0 Å². The van der Waals surface area contributed by atoms with Gasteiger partial charge in [0, 0.05) is 10.6 Å². The van der Waals surface area contributed by atoms with E-state index in [4.69, 9.17) is 4.98 Å². The van der Waals surface area contributed by atoms with E-state index in [0.29, 0.717) is 12.4 Å². The summed E-state index contributed by atoms with van der Waals surface area (Å²) in [6.45, 7) is 8.24. The predicted octanol–water partition coefficient (Wildman–Crippen LogP) is 4.38. The number of benzene rings is 1. The van der Waals surface area contributed by atoms with E-state index in [0.717, 1.165) is 60.2 Å². The second-order valence-electron chi connectivity index (χ2n) is 8.09. The molecule has 0 bridgehead atoms. The fraction of sp³-hybridized carbons (Fsp3) is 0.458. The van der Waals surface area contributed by atoms with Gasteiger partial charge in [-0.1, -0.05) is 32.0 Å². The molecular weight excluding hydrogens is 408 g/mol. The molecule has 1 amide bonds. The van der Waals surface area contributed by atoms with E-state index < -0.39 is 6.04 Å². The summed E-state index contributed by atoms with van der Waals surface area (Å²) in [6, 6.07) is 8.70. The quantitative estimate of drug-likeness (QED) is 0.595. The van der Waals surface area contributed by atoms with E-state index >= 15 is 0 Å². The maximum absolute atomic E-state index is 13.8. The second kappa shape index (κ2) is 9.32. The molecule has 4 rings (SSSR count). The van der Waals surface area contributed by atoms with E-state index in [2.05, 4.69) is 24.1 Å². The molecule has 0 radical (unpaired) electrons. The molecule has 1 aliphatic rings. The monoisotopic (exact) mass is 438 g/mol. The molecule has 31 heavy (non-hydrogen) atoms. The van der Waals surface area contributed by atoms with Crippen LogP contribution >= 0.6 is 11.3 Å². The molecule has 3 aromatic rings. The lowest BCUT2D eigenvalue weighted by atomic mass is 9.97. The summed E-state index contributed by atoms with van der Waals surface area (Å²) in [5, 5.41) is 3.67. The Bertz CT molecular complexity index is 1130. The lowest BCUT2D eigenvalue weighted by molar-refractivity contribution is -0.119. The van der Waals surface area contributed by atoms with Crippen molar-refractivity contribution in [1.29, 1.82) is 0 Å². The number of rotatable bonds is 7. The third-order valence-corrected chi connectivity index (χ3v) is 7.35. The lowest BCUT2D eigenvalue weighted by Crippen LogP contribution is -2.37. The van der Waals surface area contributed by atoms with Crippen LogP contribution in [0.25, 0.3) is 10.2 Å². The van der Waals surface area contributed by atoms with Crippen molar-refractivity contribution in [3.8, 4) is 0 Å². The van der Waals surface area contributed by atoms with Gasteiger partial charge in [-0.15, -0.1) is 11.3 Å². The number of hydrogen-bond acceptors (Lipinski definition) is 5. The Morgan fingerprint density at radius 2 is 1.90 bits per heavy atom. The SMILES string of the molecule is CCN(CC)Cc1nc2sc3c(c2c(=O)n1C(C)C(=O)Nc1ccccc1)CCCC3. The molecule has 0 saturated carbocycles. The van der Waals surface area contributed by atoms with Crippen LogP contribution in [-0.2, 0) is 24.2 Å². The topological polar surface area (TPSA) is 67.2 Å². The zero-order chi connectivity index (χ0) is 22.0. The van der Waals surface area contributed by atoms with Gasteiger partial charge >= 0.3 is 0 Å². The maximum Gasteiger partial charge on any atom is 0.263 e. The minimum absolute atomic E-state index is 0.0812. The van der Waals surface area contributed by atoms with Crippen molar-refractivity contribution in [2.75, 3.05) is 18.4 Å². The minimum Gasteiger partial charge on any atom is -0.324 e. The van der Waals surface area contributed by atoms with Crippen LogP contribution < -0.4 is 10.9 Å². The van der Waals surface area contributed by atoms with Crippen molar-refractivity contribution in [2.24, 2.45) is 0 Å². The average molecular weight is 439 g/mol. The number of carbonyl (C=O) groups excluding carboxylic acids is 1. The summed E-state index contributed by atoms with van der Waals surface area (Å²) in [6.07, 6.45) is 4.21. The number of aromatic nitrogens is 2. The third kappa shape index (κ3) is 4.29. The summed E-state index contributed by atoms with van der Waals surface area (Å²) in [5.74, 6) is 0.454. The number of fused-ring (bicyclic) bond motifs is 3. The van der Waals surface area contributed by atoms with Crippen LogP contribution in [0.1, 0.15) is 55.9 Å². The van der Waals surface area contributed by atoms with Crippen LogP contribution in [-0.4, -0.2) is 33.4 Å². The Hall–Kier alpha value is -2.51. The first kappa shape index (κ1) is 21.7. The molecule has 0 saturated heterocycles. The summed E-state index contributed by atoms with van der Waals surface area (Å²) >= 11 is 1.66. The number of anilines is 1. The normalized spacial score (nSPS) is 14.6. The van der Waals surface area contributed by atoms with Crippen LogP contribution in [0.15, 0.2) is 35.1 Å². The van der Waals surface area contributed by atoms with Gasteiger partial charge in [0.1, 0.15) is 16.7 Å². The van der Waals surface area contributed by atoms with E-state index in [1.807, 2.05) is 30.3 Å². The highest BCUT2D eigenvalue weighted by atomic mass is 32.1. The zero-order valence-electron chi connectivity index (χ0n) is 18.5. The smallest absolute Gasteiger partial charge is 0.263 e. The summed E-state index contributed by atoms with van der Waals surface area (Å²) < 4.78 is 1.63. The molecule has 1 N–H and O–H groups in total. The van der Waals surface area contributed by atoms with Crippen LogP contribution in [0.4, 0.5) is 5.69 Å². The molecule has 1 aromatic carbocycles. The highest BCUT2D eigenvalue weighted by Crippen LogP contribution is 2.34. The van der Waals surface area contributed by atoms with Gasteiger partial charge in [-0.3, -0.25) is 19.1 Å². The Kier molecular flexibility index (Phi) is 6.53. The lowest BCUT2D eigenvalue weighted by Gasteiger charge is -2.23. The number of thiophene rings is 1. The van der Waals surface area contributed by atoms with Gasteiger partial charge in [0.2, 0.25) is 5.91 Å². The minimum atomic E-state index is -0.658. The van der Waals surface area contributed by atoms with Crippen molar-refractivity contribution in [1.82, 2.24) is 14.5 Å². The fourth-order valence-electron chi connectivity index (χ4n) is 4.30. The third-order valence-electron chi connectivity index (χ3n) is 6.16. The molecule has 0 fully saturated rings. The molecule has 2 aromatic heterocycles. The van der Waals surface area contributed by atoms with Crippen molar-refractivity contribution >= 4 is 33.1 Å². The second-order valence-corrected chi connectivity index (χ2v) is 9.17. The molecule has 1 aliphatic carbocycles. The molecule has 1 atom stereocenters. The van der Waals surface area contributed by atoms with Crippen LogP contribution in [0.2, 0.25) is 0 Å². The Labute approximate surface area is 186 Å². The van der Waals surface area contributed by atoms with Crippen molar-refractivity contribution in [2.45, 2.75) is 59.0 Å². The van der Waals surface area contributed by atoms with Gasteiger partial charge < -0.3 is 5.32 Å². The molecule has 0 spiro atoms. The molecule has 6 nitrogen and oxygen atoms in total. The van der Waals surface area contributed by atoms with Crippen LogP contribution in [0.3, 0.4) is 0 Å². The maximum atomic E-state index is 13.8. The number of nitrogens with zero attached hydrogens (tertiary/aromatic N) is 3. The molecular formula is C24H30N4O2S. The van der Waals surface area contributed by atoms with Crippen molar-refractivity contribution in [3.63, 3.8) is 0 Å². The van der Waals surface area contributed by atoms with E-state index in [-0.39, 0.29) is 11.5 Å². The largest absolute Gasteiger partial charge is 0.324 e.